The van der Waals surface area contributed by atoms with Crippen LogP contribution in [0.1, 0.15) is 35.8 Å². The van der Waals surface area contributed by atoms with Crippen molar-refractivity contribution in [1.29, 1.82) is 0 Å². The molecule has 2 heterocycles. The van der Waals surface area contributed by atoms with Gasteiger partial charge in [0.15, 0.2) is 0 Å². The first-order valence-corrected chi connectivity index (χ1v) is 6.91. The number of benzene rings is 1. The number of nitrogens with one attached hydrogen (secondary N) is 1. The van der Waals surface area contributed by atoms with Gasteiger partial charge < -0.3 is 4.98 Å². The molecule has 0 spiro atoms. The second-order valence-electron chi connectivity index (χ2n) is 5.38. The number of rotatable bonds is 0. The molecule has 0 unspecified atom stereocenters. The third-order valence-corrected chi connectivity index (χ3v) is 4.22. The SMILES string of the molecule is CC(=O)n1c2ccccc2c2[nH]c3c(c21)CCCC3. The maximum atomic E-state index is 12.1. The molecule has 1 aliphatic carbocycles. The van der Waals surface area contributed by atoms with Gasteiger partial charge in [-0.2, -0.15) is 0 Å². The maximum absolute atomic E-state index is 12.1. The number of aromatic nitrogens is 2. The Kier molecular flexibility index (Phi) is 2.13. The number of hydrogen-bond acceptors (Lipinski definition) is 1. The van der Waals surface area contributed by atoms with Crippen LogP contribution in [0.25, 0.3) is 21.9 Å². The molecule has 0 aliphatic heterocycles. The zero-order chi connectivity index (χ0) is 13.0. The Morgan fingerprint density at radius 1 is 1.21 bits per heavy atom. The summed E-state index contributed by atoms with van der Waals surface area (Å²) in [5.74, 6) is 0.0959. The van der Waals surface area contributed by atoms with Crippen LogP contribution in [0, 0.1) is 0 Å². The van der Waals surface area contributed by atoms with Crippen LogP contribution in [-0.4, -0.2) is 15.5 Å². The minimum absolute atomic E-state index is 0.0959. The Morgan fingerprint density at radius 2 is 2.00 bits per heavy atom. The predicted molar refractivity (Wildman–Crippen MR) is 76.7 cm³/mol. The van der Waals surface area contributed by atoms with E-state index in [-0.39, 0.29) is 5.91 Å². The summed E-state index contributed by atoms with van der Waals surface area (Å²) in [6.45, 7) is 1.65. The molecule has 0 radical (unpaired) electrons. The summed E-state index contributed by atoms with van der Waals surface area (Å²) < 4.78 is 1.88. The average Bonchev–Trinajstić information content (AvgIpc) is 2.93. The Bertz CT molecular complexity index is 807. The van der Waals surface area contributed by atoms with Gasteiger partial charge in [-0.25, -0.2) is 0 Å². The van der Waals surface area contributed by atoms with Gasteiger partial charge in [-0.15, -0.1) is 0 Å². The molecule has 3 nitrogen and oxygen atoms in total. The predicted octanol–water partition coefficient (Wildman–Crippen LogP) is 3.66. The molecule has 96 valence electrons. The topological polar surface area (TPSA) is 37.8 Å². The first-order chi connectivity index (χ1) is 9.27. The van der Waals surface area contributed by atoms with Crippen LogP contribution in [0.2, 0.25) is 0 Å². The van der Waals surface area contributed by atoms with Gasteiger partial charge in [0.05, 0.1) is 16.6 Å². The first kappa shape index (κ1) is 10.9. The minimum atomic E-state index is 0.0959. The van der Waals surface area contributed by atoms with Gasteiger partial charge in [-0.3, -0.25) is 9.36 Å². The summed E-state index contributed by atoms with van der Waals surface area (Å²) in [7, 11) is 0. The lowest BCUT2D eigenvalue weighted by molar-refractivity contribution is 0.0946. The number of carbonyl (C=O) groups is 1. The third-order valence-electron chi connectivity index (χ3n) is 4.22. The van der Waals surface area contributed by atoms with E-state index in [9.17, 15) is 4.79 Å². The highest BCUT2D eigenvalue weighted by Gasteiger charge is 2.22. The van der Waals surface area contributed by atoms with Crippen molar-refractivity contribution >= 4 is 27.8 Å². The number of H-pyrrole nitrogens is 1. The van der Waals surface area contributed by atoms with Gasteiger partial charge in [-0.05, 0) is 37.3 Å². The molecule has 2 aromatic heterocycles. The average molecular weight is 252 g/mol. The quantitative estimate of drug-likeness (QED) is 0.651. The monoisotopic (exact) mass is 252 g/mol. The maximum Gasteiger partial charge on any atom is 0.228 e. The summed E-state index contributed by atoms with van der Waals surface area (Å²) in [5, 5.41) is 1.15. The first-order valence-electron chi connectivity index (χ1n) is 6.91. The van der Waals surface area contributed by atoms with Crippen molar-refractivity contribution in [3.05, 3.63) is 35.5 Å². The zero-order valence-electron chi connectivity index (χ0n) is 11.0. The van der Waals surface area contributed by atoms with Crippen LogP contribution in [0.3, 0.4) is 0 Å². The van der Waals surface area contributed by atoms with Crippen LogP contribution in [0.4, 0.5) is 0 Å². The molecule has 1 aliphatic rings. The molecule has 1 aromatic carbocycles. The Labute approximate surface area is 111 Å². The summed E-state index contributed by atoms with van der Waals surface area (Å²) in [6, 6.07) is 8.15. The molecule has 0 saturated heterocycles. The smallest absolute Gasteiger partial charge is 0.228 e. The highest BCUT2D eigenvalue weighted by molar-refractivity contribution is 6.13. The van der Waals surface area contributed by atoms with Gasteiger partial charge in [-0.1, -0.05) is 18.2 Å². The molecule has 3 heteroatoms. The van der Waals surface area contributed by atoms with E-state index in [4.69, 9.17) is 0 Å². The Hall–Kier alpha value is -2.03. The standard InChI is InChI=1S/C16H16N2O/c1-10(19)18-14-9-5-3-7-12(14)15-16(18)11-6-2-4-8-13(11)17-15/h3,5,7,9,17H,2,4,6,8H2,1H3. The van der Waals surface area contributed by atoms with Gasteiger partial charge >= 0.3 is 0 Å². The van der Waals surface area contributed by atoms with Crippen LogP contribution >= 0.6 is 0 Å². The van der Waals surface area contributed by atoms with Crippen molar-refractivity contribution in [2.45, 2.75) is 32.6 Å². The fraction of sp³-hybridized carbons (Fsp3) is 0.312. The van der Waals surface area contributed by atoms with Crippen LogP contribution < -0.4 is 0 Å². The summed E-state index contributed by atoms with van der Waals surface area (Å²) in [5.41, 5.74) is 5.95. The fourth-order valence-corrected chi connectivity index (χ4v) is 3.43. The Balaban J connectivity index is 2.23. The van der Waals surface area contributed by atoms with E-state index in [0.717, 1.165) is 34.8 Å². The molecule has 0 atom stereocenters. The van der Waals surface area contributed by atoms with Crippen molar-refractivity contribution in [2.75, 3.05) is 0 Å². The van der Waals surface area contributed by atoms with Crippen molar-refractivity contribution in [3.63, 3.8) is 0 Å². The lowest BCUT2D eigenvalue weighted by Crippen LogP contribution is -2.08. The molecule has 1 N–H and O–H groups in total. The molecule has 0 bridgehead atoms. The van der Waals surface area contributed by atoms with Crippen molar-refractivity contribution in [2.24, 2.45) is 0 Å². The van der Waals surface area contributed by atoms with Crippen molar-refractivity contribution in [3.8, 4) is 0 Å². The normalized spacial score (nSPS) is 15.0. The second kappa shape index (κ2) is 3.73. The fourth-order valence-electron chi connectivity index (χ4n) is 3.43. The number of carbonyl (C=O) groups excluding carboxylic acids is 1. The summed E-state index contributed by atoms with van der Waals surface area (Å²) in [4.78, 5) is 15.6. The number of aromatic amines is 1. The van der Waals surface area contributed by atoms with Gasteiger partial charge in [0.25, 0.3) is 0 Å². The molecule has 19 heavy (non-hydrogen) atoms. The molecular weight excluding hydrogens is 236 g/mol. The molecular formula is C16H16N2O. The number of para-hydroxylation sites is 1. The van der Waals surface area contributed by atoms with Crippen LogP contribution in [0.15, 0.2) is 24.3 Å². The molecule has 0 fully saturated rings. The largest absolute Gasteiger partial charge is 0.356 e. The van der Waals surface area contributed by atoms with E-state index < -0.39 is 0 Å². The molecule has 4 rings (SSSR count). The van der Waals surface area contributed by atoms with E-state index >= 15 is 0 Å². The molecule has 0 saturated carbocycles. The molecule has 3 aromatic rings. The summed E-state index contributed by atoms with van der Waals surface area (Å²) in [6.07, 6.45) is 4.66. The zero-order valence-corrected chi connectivity index (χ0v) is 11.0. The number of hydrogen-bond donors (Lipinski definition) is 1. The van der Waals surface area contributed by atoms with Gasteiger partial charge in [0.1, 0.15) is 0 Å². The van der Waals surface area contributed by atoms with Crippen molar-refractivity contribution in [1.82, 2.24) is 9.55 Å². The number of aryl methyl sites for hydroxylation is 2. The highest BCUT2D eigenvalue weighted by atomic mass is 16.1. The Morgan fingerprint density at radius 3 is 2.84 bits per heavy atom. The highest BCUT2D eigenvalue weighted by Crippen LogP contribution is 2.35. The van der Waals surface area contributed by atoms with E-state index in [0.29, 0.717) is 0 Å². The van der Waals surface area contributed by atoms with E-state index in [2.05, 4.69) is 11.1 Å². The lowest BCUT2D eigenvalue weighted by atomic mass is 9.97. The van der Waals surface area contributed by atoms with Gasteiger partial charge in [0.2, 0.25) is 5.91 Å². The summed E-state index contributed by atoms with van der Waals surface area (Å²) >= 11 is 0. The van der Waals surface area contributed by atoms with E-state index in [1.165, 1.54) is 24.1 Å². The molecule has 0 amide bonds. The van der Waals surface area contributed by atoms with E-state index in [1.807, 2.05) is 22.8 Å². The second-order valence-corrected chi connectivity index (χ2v) is 5.38. The lowest BCUT2D eigenvalue weighted by Gasteiger charge is -2.12. The third kappa shape index (κ3) is 1.35. The van der Waals surface area contributed by atoms with E-state index in [1.54, 1.807) is 6.92 Å². The van der Waals surface area contributed by atoms with Gasteiger partial charge in [0, 0.05) is 18.0 Å². The number of fused-ring (bicyclic) bond motifs is 5. The van der Waals surface area contributed by atoms with Crippen LogP contribution in [-0.2, 0) is 12.8 Å². The minimum Gasteiger partial charge on any atom is -0.356 e. The number of nitrogens with zero attached hydrogens (tertiary/aromatic N) is 1. The van der Waals surface area contributed by atoms with Crippen LogP contribution in [0.5, 0.6) is 0 Å². The van der Waals surface area contributed by atoms with Crippen molar-refractivity contribution < 1.29 is 4.79 Å².